The zero-order chi connectivity index (χ0) is 52.9. The Hall–Kier alpha value is -4.80. The second-order valence-electron chi connectivity index (χ2n) is 15.8. The third-order valence-corrected chi connectivity index (χ3v) is 10.1. The first-order valence-electron chi connectivity index (χ1n) is 21.2. The predicted molar refractivity (Wildman–Crippen MR) is 214 cm³/mol. The van der Waals surface area contributed by atoms with E-state index in [-0.39, 0.29) is 0 Å². The summed E-state index contributed by atoms with van der Waals surface area (Å²) in [6.45, 7) is 5.70. The number of hydrogen-bond donors (Lipinski definition) is 8. The number of carbonyl (C=O) groups excluding carboxylic acids is 8. The van der Waals surface area contributed by atoms with Crippen molar-refractivity contribution in [2.45, 2.75) is 178 Å². The SMILES string of the molecule is CC(=O)OCC1OC(OC(C)=O)C(OC(C)=O)[C@@H](OC(C)=O)[C@@H]1O[C@@H]1OC(COC(C)=O)[C@H](OC(C)=O)[C@H](OC(C)=O)C1OC(C)=O.OCC1O[C@@H](O)C(O)[C@@H](O)[C@@H]1O[C@@H]1OC(CO)[C@H](O)[C@H](O)C1O. The van der Waals surface area contributed by atoms with E-state index in [1.165, 1.54) is 0 Å². The summed E-state index contributed by atoms with van der Waals surface area (Å²) in [4.78, 5) is 96.3. The van der Waals surface area contributed by atoms with E-state index in [1.54, 1.807) is 0 Å². The highest BCUT2D eigenvalue weighted by Crippen LogP contribution is 2.36. The molecular weight excluding hydrogens is 960 g/mol. The fourth-order valence-corrected chi connectivity index (χ4v) is 7.30. The number of hydrogen-bond acceptors (Lipinski definition) is 30. The molecule has 30 heteroatoms. The lowest BCUT2D eigenvalue weighted by Crippen LogP contribution is -2.67. The van der Waals surface area contributed by atoms with Crippen LogP contribution in [0.15, 0.2) is 0 Å². The summed E-state index contributed by atoms with van der Waals surface area (Å²) >= 11 is 0. The number of aliphatic hydroxyl groups is 8. The van der Waals surface area contributed by atoms with Crippen LogP contribution in [0.5, 0.6) is 0 Å². The van der Waals surface area contributed by atoms with Gasteiger partial charge in [0, 0.05) is 55.4 Å². The monoisotopic (exact) mass is 1020 g/mol. The Morgan fingerprint density at radius 1 is 0.343 bits per heavy atom. The van der Waals surface area contributed by atoms with Gasteiger partial charge in [-0.1, -0.05) is 0 Å². The van der Waals surface area contributed by atoms with E-state index in [1.807, 2.05) is 0 Å². The summed E-state index contributed by atoms with van der Waals surface area (Å²) in [6.07, 6.45) is -31.9. The lowest BCUT2D eigenvalue weighted by molar-refractivity contribution is -0.357. The molecule has 4 aliphatic rings. The van der Waals surface area contributed by atoms with Crippen LogP contribution in [0.3, 0.4) is 0 Å². The molecule has 8 N–H and O–H groups in total. The second-order valence-corrected chi connectivity index (χ2v) is 15.8. The third kappa shape index (κ3) is 16.6. The minimum atomic E-state index is -1.83. The molecule has 0 radical (unpaired) electrons. The minimum Gasteiger partial charge on any atom is -0.463 e. The van der Waals surface area contributed by atoms with Crippen molar-refractivity contribution < 1.29 is 146 Å². The molecule has 4 saturated heterocycles. The van der Waals surface area contributed by atoms with E-state index in [2.05, 4.69) is 0 Å². The highest BCUT2D eigenvalue weighted by Gasteiger charge is 2.58. The van der Waals surface area contributed by atoms with Crippen molar-refractivity contribution in [1.82, 2.24) is 0 Å². The smallest absolute Gasteiger partial charge is 0.305 e. The topological polar surface area (TPSA) is 428 Å². The zero-order valence-corrected chi connectivity index (χ0v) is 38.9. The molecule has 0 aromatic carbocycles. The van der Waals surface area contributed by atoms with E-state index in [4.69, 9.17) is 71.4 Å². The van der Waals surface area contributed by atoms with Crippen LogP contribution >= 0.6 is 0 Å². The van der Waals surface area contributed by atoms with Gasteiger partial charge in [-0.05, 0) is 0 Å². The Bertz CT molecular complexity index is 1790. The van der Waals surface area contributed by atoms with E-state index in [9.17, 15) is 74.1 Å². The lowest BCUT2D eigenvalue weighted by atomic mass is 9.96. The van der Waals surface area contributed by atoms with Crippen LogP contribution in [-0.4, -0.2) is 238 Å². The Labute approximate surface area is 397 Å². The van der Waals surface area contributed by atoms with Crippen molar-refractivity contribution in [1.29, 1.82) is 0 Å². The molecule has 4 fully saturated rings. The van der Waals surface area contributed by atoms with Crippen molar-refractivity contribution in [2.75, 3.05) is 26.4 Å². The predicted octanol–water partition coefficient (Wildman–Crippen LogP) is -6.23. The van der Waals surface area contributed by atoms with Gasteiger partial charge in [-0.25, -0.2) is 0 Å². The molecule has 30 nitrogen and oxygen atoms in total. The largest absolute Gasteiger partial charge is 0.463 e. The average molecular weight is 1020 g/mol. The van der Waals surface area contributed by atoms with Crippen molar-refractivity contribution in [3.05, 3.63) is 0 Å². The van der Waals surface area contributed by atoms with E-state index in [0.717, 1.165) is 55.4 Å². The van der Waals surface area contributed by atoms with Crippen molar-refractivity contribution >= 4 is 47.8 Å². The van der Waals surface area contributed by atoms with Crippen molar-refractivity contribution in [3.8, 4) is 0 Å². The van der Waals surface area contributed by atoms with Gasteiger partial charge in [0.15, 0.2) is 43.3 Å². The molecule has 0 aromatic heterocycles. The van der Waals surface area contributed by atoms with Gasteiger partial charge in [-0.15, -0.1) is 0 Å². The second kappa shape index (κ2) is 27.1. The summed E-state index contributed by atoms with van der Waals surface area (Å²) in [5, 5.41) is 76.5. The maximum atomic E-state index is 12.3. The molecule has 20 atom stereocenters. The van der Waals surface area contributed by atoms with Crippen LogP contribution in [0.25, 0.3) is 0 Å². The van der Waals surface area contributed by atoms with Gasteiger partial charge in [0.2, 0.25) is 12.4 Å². The zero-order valence-electron chi connectivity index (χ0n) is 38.9. The number of esters is 8. The van der Waals surface area contributed by atoms with Crippen molar-refractivity contribution in [2.24, 2.45) is 0 Å². The summed E-state index contributed by atoms with van der Waals surface area (Å²) in [7, 11) is 0. The maximum absolute atomic E-state index is 12.3. The van der Waals surface area contributed by atoms with Gasteiger partial charge in [0.05, 0.1) is 13.2 Å². The number of aliphatic hydroxyl groups excluding tert-OH is 8. The first kappa shape index (κ1) is 59.5. The Morgan fingerprint density at radius 3 is 1.19 bits per heavy atom. The van der Waals surface area contributed by atoms with Crippen LogP contribution in [0, 0.1) is 0 Å². The van der Waals surface area contributed by atoms with Crippen LogP contribution in [0.4, 0.5) is 0 Å². The van der Waals surface area contributed by atoms with Gasteiger partial charge < -0.3 is 107 Å². The lowest BCUT2D eigenvalue weighted by Gasteiger charge is -2.48. The average Bonchev–Trinajstić information content (AvgIpc) is 3.25. The Kier molecular flexibility index (Phi) is 23.1. The highest BCUT2D eigenvalue weighted by atomic mass is 16.8. The number of rotatable bonds is 16. The van der Waals surface area contributed by atoms with Crippen LogP contribution in [0.2, 0.25) is 0 Å². The van der Waals surface area contributed by atoms with E-state index >= 15 is 0 Å². The molecule has 4 rings (SSSR count). The molecule has 0 spiro atoms. The maximum Gasteiger partial charge on any atom is 0.305 e. The highest BCUT2D eigenvalue weighted by molar-refractivity contribution is 5.70. The summed E-state index contributed by atoms with van der Waals surface area (Å²) in [6, 6.07) is 0. The molecule has 4 heterocycles. The number of carbonyl (C=O) groups is 8. The van der Waals surface area contributed by atoms with Crippen LogP contribution in [0.1, 0.15) is 55.4 Å². The molecule has 0 saturated carbocycles. The molecule has 0 aromatic rings. The van der Waals surface area contributed by atoms with E-state index < -0.39 is 197 Å². The summed E-state index contributed by atoms with van der Waals surface area (Å²) in [5.41, 5.74) is 0. The molecule has 0 bridgehead atoms. The van der Waals surface area contributed by atoms with E-state index in [0.29, 0.717) is 0 Å². The van der Waals surface area contributed by atoms with Crippen LogP contribution in [-0.2, 0) is 105 Å². The van der Waals surface area contributed by atoms with Gasteiger partial charge >= 0.3 is 47.8 Å². The van der Waals surface area contributed by atoms with Gasteiger partial charge in [0.25, 0.3) is 0 Å². The molecule has 9 unspecified atom stereocenters. The molecular formula is C40H60O30. The summed E-state index contributed by atoms with van der Waals surface area (Å²) in [5.74, 6) is -7.02. The fourth-order valence-electron chi connectivity index (χ4n) is 7.30. The quantitative estimate of drug-likeness (QED) is 0.0527. The molecule has 0 aliphatic carbocycles. The van der Waals surface area contributed by atoms with Crippen molar-refractivity contribution in [3.63, 3.8) is 0 Å². The van der Waals surface area contributed by atoms with Gasteiger partial charge in [-0.3, -0.25) is 38.4 Å². The third-order valence-electron chi connectivity index (χ3n) is 10.1. The summed E-state index contributed by atoms with van der Waals surface area (Å²) < 4.78 is 75.4. The standard InChI is InChI=1S/C28H38O19.C12H22O11/c1-11(29)37-9-19-21(39-13(3)31)23(40-14(4)32)26(43-17(7)35)28(46-19)47-22-20(10-38-12(2)30)45-27(44-18(8)36)25(42-16(6)34)24(22)41-15(5)33;13-1-3-5(15)6(16)9(19)12(22-3)23-10-4(2-14)21-11(20)8(18)7(10)17/h19-28H,9-10H2,1-8H3;3-20H,1-2H2/t19?,20?,21-,22+,23-,24-,25?,26?,27?,28-;3?,4?,5-,6-,7+,8?,9?,10+,11+,12-/m00/s1. The fraction of sp³-hybridized carbons (Fsp3) is 0.800. The molecule has 4 aliphatic heterocycles. The Balaban J connectivity index is 0.000000468. The minimum absolute atomic E-state index is 0.590. The van der Waals surface area contributed by atoms with Gasteiger partial charge in [-0.2, -0.15) is 0 Å². The number of ether oxygens (including phenoxy) is 14. The normalized spacial score (nSPS) is 37.1. The first-order chi connectivity index (χ1) is 32.7. The molecule has 400 valence electrons. The first-order valence-corrected chi connectivity index (χ1v) is 21.2. The van der Waals surface area contributed by atoms with Gasteiger partial charge in [0.1, 0.15) is 80.4 Å². The molecule has 0 amide bonds. The Morgan fingerprint density at radius 2 is 0.729 bits per heavy atom. The van der Waals surface area contributed by atoms with Crippen LogP contribution < -0.4 is 0 Å². The molecule has 70 heavy (non-hydrogen) atoms.